The van der Waals surface area contributed by atoms with Crippen LogP contribution in [0.1, 0.15) is 20.8 Å². The molecule has 0 radical (unpaired) electrons. The van der Waals surface area contributed by atoms with Gasteiger partial charge in [0.25, 0.3) is 0 Å². The summed E-state index contributed by atoms with van der Waals surface area (Å²) < 4.78 is 9.73. The van der Waals surface area contributed by atoms with Gasteiger partial charge in [-0.3, -0.25) is 13.8 Å². The number of rotatable bonds is 2. The average molecular weight is 264 g/mol. The monoisotopic (exact) mass is 264 g/mol. The normalized spacial score (nSPS) is 11.7. The predicted molar refractivity (Wildman–Crippen MR) is 71.8 cm³/mol. The fourth-order valence-electron chi connectivity index (χ4n) is 1.55. The van der Waals surface area contributed by atoms with Crippen LogP contribution in [0.3, 0.4) is 0 Å². The summed E-state index contributed by atoms with van der Waals surface area (Å²) in [6.07, 6.45) is 3.71. The van der Waals surface area contributed by atoms with Crippen LogP contribution < -0.4 is 0 Å². The SMILES string of the molecule is CC(C)(C)C(=O)OCn1ccn2c(=S)cccc12. The minimum Gasteiger partial charge on any atom is -0.443 e. The molecule has 0 aromatic carbocycles. The molecule has 5 heteroatoms. The molecule has 0 N–H and O–H groups in total. The van der Waals surface area contributed by atoms with Crippen molar-refractivity contribution >= 4 is 23.8 Å². The zero-order valence-electron chi connectivity index (χ0n) is 10.7. The summed E-state index contributed by atoms with van der Waals surface area (Å²) in [5.41, 5.74) is 0.420. The summed E-state index contributed by atoms with van der Waals surface area (Å²) in [6.45, 7) is 5.70. The molecule has 0 aliphatic rings. The number of carbonyl (C=O) groups is 1. The quantitative estimate of drug-likeness (QED) is 0.618. The molecule has 4 nitrogen and oxygen atoms in total. The number of fused-ring (bicyclic) bond motifs is 1. The van der Waals surface area contributed by atoms with Gasteiger partial charge in [0.15, 0.2) is 6.73 Å². The Hall–Kier alpha value is -1.62. The Morgan fingerprint density at radius 1 is 1.33 bits per heavy atom. The highest BCUT2D eigenvalue weighted by molar-refractivity contribution is 7.71. The van der Waals surface area contributed by atoms with Crippen molar-refractivity contribution in [2.24, 2.45) is 5.41 Å². The van der Waals surface area contributed by atoms with Gasteiger partial charge in [-0.2, -0.15) is 0 Å². The molecule has 0 spiro atoms. The van der Waals surface area contributed by atoms with Crippen molar-refractivity contribution in [3.63, 3.8) is 0 Å². The Labute approximate surface area is 111 Å². The summed E-state index contributed by atoms with van der Waals surface area (Å²) in [5, 5.41) is 0. The largest absolute Gasteiger partial charge is 0.443 e. The molecular formula is C13H16N2O2S. The summed E-state index contributed by atoms with van der Waals surface area (Å²) in [5.74, 6) is -0.219. The fourth-order valence-corrected chi connectivity index (χ4v) is 1.78. The zero-order chi connectivity index (χ0) is 13.3. The van der Waals surface area contributed by atoms with E-state index in [4.69, 9.17) is 17.0 Å². The van der Waals surface area contributed by atoms with Gasteiger partial charge in [0.1, 0.15) is 10.3 Å². The summed E-state index contributed by atoms with van der Waals surface area (Å²) >= 11 is 5.20. The van der Waals surface area contributed by atoms with Crippen molar-refractivity contribution in [2.75, 3.05) is 0 Å². The first kappa shape index (κ1) is 12.8. The van der Waals surface area contributed by atoms with Gasteiger partial charge < -0.3 is 4.74 Å². The first-order valence-electron chi connectivity index (χ1n) is 5.73. The lowest BCUT2D eigenvalue weighted by Gasteiger charge is -2.17. The highest BCUT2D eigenvalue weighted by atomic mass is 32.1. The molecule has 2 aromatic heterocycles. The Kier molecular flexibility index (Phi) is 3.26. The maximum atomic E-state index is 11.7. The van der Waals surface area contributed by atoms with Crippen LogP contribution in [0.2, 0.25) is 0 Å². The molecule has 0 bridgehead atoms. The molecule has 0 fully saturated rings. The molecule has 0 aliphatic heterocycles. The molecular weight excluding hydrogens is 248 g/mol. The van der Waals surface area contributed by atoms with E-state index in [1.54, 1.807) is 0 Å². The van der Waals surface area contributed by atoms with Gasteiger partial charge in [0.2, 0.25) is 0 Å². The Bertz CT molecular complexity index is 634. The zero-order valence-corrected chi connectivity index (χ0v) is 11.5. The lowest BCUT2D eigenvalue weighted by molar-refractivity contribution is -0.156. The first-order chi connectivity index (χ1) is 8.39. The van der Waals surface area contributed by atoms with Gasteiger partial charge in [-0.1, -0.05) is 18.3 Å². The van der Waals surface area contributed by atoms with E-state index in [1.165, 1.54) is 0 Å². The molecule has 2 aromatic rings. The first-order valence-corrected chi connectivity index (χ1v) is 6.14. The van der Waals surface area contributed by atoms with Gasteiger partial charge in [0.05, 0.1) is 5.41 Å². The smallest absolute Gasteiger partial charge is 0.312 e. The molecule has 0 saturated carbocycles. The molecule has 0 amide bonds. The average Bonchev–Trinajstić information content (AvgIpc) is 2.69. The van der Waals surface area contributed by atoms with Crippen LogP contribution in [-0.4, -0.2) is 14.9 Å². The predicted octanol–water partition coefficient (Wildman–Crippen LogP) is 3.02. The van der Waals surface area contributed by atoms with Crippen molar-refractivity contribution < 1.29 is 9.53 Å². The van der Waals surface area contributed by atoms with Gasteiger partial charge >= 0.3 is 5.97 Å². The molecule has 2 heterocycles. The molecule has 96 valence electrons. The van der Waals surface area contributed by atoms with Crippen LogP contribution in [0.5, 0.6) is 0 Å². The number of aromatic nitrogens is 2. The minimum absolute atomic E-state index is 0.200. The van der Waals surface area contributed by atoms with E-state index in [0.717, 1.165) is 10.3 Å². The summed E-state index contributed by atoms with van der Waals surface area (Å²) in [7, 11) is 0. The number of nitrogens with zero attached hydrogens (tertiary/aromatic N) is 2. The van der Waals surface area contributed by atoms with Crippen molar-refractivity contribution in [1.82, 2.24) is 8.97 Å². The van der Waals surface area contributed by atoms with E-state index in [2.05, 4.69) is 0 Å². The maximum absolute atomic E-state index is 11.7. The molecule has 2 rings (SSSR count). The molecule has 0 atom stereocenters. The third-order valence-electron chi connectivity index (χ3n) is 2.61. The number of pyridine rings is 1. The number of esters is 1. The van der Waals surface area contributed by atoms with E-state index in [-0.39, 0.29) is 12.7 Å². The topological polar surface area (TPSA) is 35.6 Å². The number of imidazole rings is 1. The second kappa shape index (κ2) is 4.57. The van der Waals surface area contributed by atoms with Crippen LogP contribution in [-0.2, 0) is 16.3 Å². The minimum atomic E-state index is -0.487. The van der Waals surface area contributed by atoms with Gasteiger partial charge in [-0.15, -0.1) is 0 Å². The van der Waals surface area contributed by atoms with E-state index < -0.39 is 5.41 Å². The summed E-state index contributed by atoms with van der Waals surface area (Å²) in [6, 6.07) is 5.67. The summed E-state index contributed by atoms with van der Waals surface area (Å²) in [4.78, 5) is 11.7. The van der Waals surface area contributed by atoms with Crippen LogP contribution in [0.25, 0.3) is 5.65 Å². The molecule has 0 unspecified atom stereocenters. The lowest BCUT2D eigenvalue weighted by atomic mass is 9.98. The molecule has 0 aliphatic carbocycles. The van der Waals surface area contributed by atoms with E-state index in [9.17, 15) is 4.79 Å². The number of hydrogen-bond acceptors (Lipinski definition) is 3. The lowest BCUT2D eigenvalue weighted by Crippen LogP contribution is -2.23. The van der Waals surface area contributed by atoms with E-state index in [0.29, 0.717) is 0 Å². The van der Waals surface area contributed by atoms with Crippen molar-refractivity contribution in [3.8, 4) is 0 Å². The highest BCUT2D eigenvalue weighted by Crippen LogP contribution is 2.16. The third kappa shape index (κ3) is 2.46. The van der Waals surface area contributed by atoms with Crippen molar-refractivity contribution in [2.45, 2.75) is 27.5 Å². The van der Waals surface area contributed by atoms with Gasteiger partial charge in [-0.05, 0) is 32.9 Å². The van der Waals surface area contributed by atoms with Crippen LogP contribution in [0.4, 0.5) is 0 Å². The van der Waals surface area contributed by atoms with E-state index in [1.807, 2.05) is 60.3 Å². The number of ether oxygens (including phenoxy) is 1. The highest BCUT2D eigenvalue weighted by Gasteiger charge is 2.23. The molecule has 0 saturated heterocycles. The third-order valence-corrected chi connectivity index (χ3v) is 2.94. The second-order valence-corrected chi connectivity index (χ2v) is 5.59. The van der Waals surface area contributed by atoms with Crippen LogP contribution >= 0.6 is 12.2 Å². The van der Waals surface area contributed by atoms with Crippen molar-refractivity contribution in [1.29, 1.82) is 0 Å². The standard InChI is InChI=1S/C13H16N2O2S/c1-13(2,3)12(16)17-9-14-7-8-15-10(14)5-4-6-11(15)18/h4-8H,9H2,1-3H3. The number of hydrogen-bond donors (Lipinski definition) is 0. The number of carbonyl (C=O) groups excluding carboxylic acids is 1. The van der Waals surface area contributed by atoms with Gasteiger partial charge in [-0.25, -0.2) is 0 Å². The van der Waals surface area contributed by atoms with E-state index >= 15 is 0 Å². The van der Waals surface area contributed by atoms with Crippen LogP contribution in [0.15, 0.2) is 30.6 Å². The van der Waals surface area contributed by atoms with Crippen LogP contribution in [0, 0.1) is 10.1 Å². The maximum Gasteiger partial charge on any atom is 0.312 e. The fraction of sp³-hybridized carbons (Fsp3) is 0.385. The van der Waals surface area contributed by atoms with Gasteiger partial charge in [0, 0.05) is 12.4 Å². The van der Waals surface area contributed by atoms with Crippen molar-refractivity contribution in [3.05, 3.63) is 35.2 Å². The Balaban J connectivity index is 2.21. The Morgan fingerprint density at radius 2 is 2.06 bits per heavy atom. The molecule has 18 heavy (non-hydrogen) atoms. The second-order valence-electron chi connectivity index (χ2n) is 5.17. The Morgan fingerprint density at radius 3 is 2.72 bits per heavy atom.